The SMILES string of the molecule is N[C@H]([C]=O)CC(=O)Cc1ccccc1. The molecule has 0 unspecified atom stereocenters. The van der Waals surface area contributed by atoms with Crippen LogP contribution in [-0.2, 0) is 16.0 Å². The number of nitrogens with two attached hydrogens (primary N) is 1. The van der Waals surface area contributed by atoms with E-state index in [1.54, 1.807) is 6.29 Å². The largest absolute Gasteiger partial charge is 0.321 e. The van der Waals surface area contributed by atoms with Crippen LogP contribution in [0.15, 0.2) is 30.3 Å². The summed E-state index contributed by atoms with van der Waals surface area (Å²) in [5.74, 6) is -0.0351. The van der Waals surface area contributed by atoms with Gasteiger partial charge in [0, 0.05) is 12.8 Å². The molecule has 0 spiro atoms. The van der Waals surface area contributed by atoms with Gasteiger partial charge in [0.2, 0.25) is 6.29 Å². The Kier molecular flexibility index (Phi) is 4.01. The minimum atomic E-state index is -0.786. The normalized spacial score (nSPS) is 12.1. The Morgan fingerprint density at radius 1 is 1.36 bits per heavy atom. The molecule has 0 bridgehead atoms. The maximum absolute atomic E-state index is 11.3. The van der Waals surface area contributed by atoms with Gasteiger partial charge in [-0.1, -0.05) is 30.3 Å². The number of carbonyl (C=O) groups excluding carboxylic acids is 2. The molecule has 3 nitrogen and oxygen atoms in total. The highest BCUT2D eigenvalue weighted by atomic mass is 16.1. The first-order chi connectivity index (χ1) is 6.72. The molecule has 0 saturated carbocycles. The van der Waals surface area contributed by atoms with Crippen LogP contribution in [0.5, 0.6) is 0 Å². The summed E-state index contributed by atoms with van der Waals surface area (Å²) in [5, 5.41) is 0. The van der Waals surface area contributed by atoms with Gasteiger partial charge in [-0.2, -0.15) is 0 Å². The molecule has 0 aromatic heterocycles. The van der Waals surface area contributed by atoms with Gasteiger partial charge < -0.3 is 5.73 Å². The van der Waals surface area contributed by atoms with Crippen molar-refractivity contribution in [2.45, 2.75) is 18.9 Å². The van der Waals surface area contributed by atoms with Gasteiger partial charge >= 0.3 is 0 Å². The maximum atomic E-state index is 11.3. The zero-order chi connectivity index (χ0) is 10.4. The van der Waals surface area contributed by atoms with Gasteiger partial charge in [0.1, 0.15) is 5.78 Å². The summed E-state index contributed by atoms with van der Waals surface area (Å²) in [6.07, 6.45) is 1.99. The first kappa shape index (κ1) is 10.6. The molecule has 0 heterocycles. The molecule has 0 amide bonds. The van der Waals surface area contributed by atoms with Gasteiger partial charge in [-0.3, -0.25) is 9.59 Å². The highest BCUT2D eigenvalue weighted by Gasteiger charge is 2.09. The molecule has 1 aromatic rings. The van der Waals surface area contributed by atoms with Crippen LogP contribution in [0.2, 0.25) is 0 Å². The van der Waals surface area contributed by atoms with Crippen molar-refractivity contribution in [3.63, 3.8) is 0 Å². The minimum Gasteiger partial charge on any atom is -0.321 e. The summed E-state index contributed by atoms with van der Waals surface area (Å²) in [4.78, 5) is 21.4. The number of benzene rings is 1. The molecule has 1 radical (unpaired) electrons. The average Bonchev–Trinajstić information content (AvgIpc) is 2.19. The summed E-state index contributed by atoms with van der Waals surface area (Å²) < 4.78 is 0. The Hall–Kier alpha value is -1.48. The van der Waals surface area contributed by atoms with Gasteiger partial charge in [0.25, 0.3) is 0 Å². The van der Waals surface area contributed by atoms with E-state index in [1.807, 2.05) is 30.3 Å². The third kappa shape index (κ3) is 3.49. The van der Waals surface area contributed by atoms with Crippen LogP contribution in [0.1, 0.15) is 12.0 Å². The Morgan fingerprint density at radius 2 is 2.00 bits per heavy atom. The average molecular weight is 190 g/mol. The lowest BCUT2D eigenvalue weighted by atomic mass is 10.0. The van der Waals surface area contributed by atoms with Crippen molar-refractivity contribution in [1.82, 2.24) is 0 Å². The van der Waals surface area contributed by atoms with Crippen LogP contribution in [0.4, 0.5) is 0 Å². The molecule has 0 aliphatic rings. The van der Waals surface area contributed by atoms with E-state index in [-0.39, 0.29) is 12.2 Å². The summed E-state index contributed by atoms with van der Waals surface area (Å²) in [6, 6.07) is 8.58. The number of rotatable bonds is 5. The predicted octanol–water partition coefficient (Wildman–Crippen LogP) is 0.625. The lowest BCUT2D eigenvalue weighted by Crippen LogP contribution is -2.25. The van der Waals surface area contributed by atoms with Crippen LogP contribution in [-0.4, -0.2) is 18.1 Å². The van der Waals surface area contributed by atoms with Gasteiger partial charge in [-0.05, 0) is 5.56 Å². The van der Waals surface area contributed by atoms with E-state index in [1.165, 1.54) is 0 Å². The van der Waals surface area contributed by atoms with Crippen molar-refractivity contribution in [2.75, 3.05) is 0 Å². The first-order valence-electron chi connectivity index (χ1n) is 4.41. The highest BCUT2D eigenvalue weighted by molar-refractivity contribution is 5.84. The van der Waals surface area contributed by atoms with E-state index in [4.69, 9.17) is 5.73 Å². The molecule has 0 aliphatic carbocycles. The van der Waals surface area contributed by atoms with Gasteiger partial charge in [-0.15, -0.1) is 0 Å². The zero-order valence-corrected chi connectivity index (χ0v) is 7.77. The molecule has 73 valence electrons. The molecule has 2 N–H and O–H groups in total. The number of hydrogen-bond donors (Lipinski definition) is 1. The number of carbonyl (C=O) groups is 1. The Balaban J connectivity index is 2.46. The van der Waals surface area contributed by atoms with Crippen molar-refractivity contribution in [2.24, 2.45) is 5.73 Å². The molecular weight excluding hydrogens is 178 g/mol. The molecule has 0 fully saturated rings. The van der Waals surface area contributed by atoms with Crippen molar-refractivity contribution in [3.8, 4) is 0 Å². The number of hydrogen-bond acceptors (Lipinski definition) is 3. The summed E-state index contributed by atoms with van der Waals surface area (Å²) in [6.45, 7) is 0. The molecular formula is C11H12NO2. The molecule has 0 aliphatic heterocycles. The molecule has 1 aromatic carbocycles. The fourth-order valence-corrected chi connectivity index (χ4v) is 1.18. The fraction of sp³-hybridized carbons (Fsp3) is 0.273. The van der Waals surface area contributed by atoms with Gasteiger partial charge in [0.15, 0.2) is 0 Å². The van der Waals surface area contributed by atoms with Crippen LogP contribution in [0.25, 0.3) is 0 Å². The maximum Gasteiger partial charge on any atom is 0.217 e. The van der Waals surface area contributed by atoms with E-state index >= 15 is 0 Å². The second-order valence-electron chi connectivity index (χ2n) is 3.13. The molecule has 1 rings (SSSR count). The highest BCUT2D eigenvalue weighted by Crippen LogP contribution is 2.02. The Labute approximate surface area is 82.9 Å². The van der Waals surface area contributed by atoms with Crippen LogP contribution in [0.3, 0.4) is 0 Å². The van der Waals surface area contributed by atoms with Crippen molar-refractivity contribution >= 4 is 12.1 Å². The number of Topliss-reactive ketones (excluding diaryl/α,β-unsaturated/α-hetero) is 1. The van der Waals surface area contributed by atoms with Crippen molar-refractivity contribution in [3.05, 3.63) is 35.9 Å². The first-order valence-corrected chi connectivity index (χ1v) is 4.41. The van der Waals surface area contributed by atoms with E-state index < -0.39 is 6.04 Å². The van der Waals surface area contributed by atoms with Crippen LogP contribution in [0, 0.1) is 0 Å². The quantitative estimate of drug-likeness (QED) is 0.740. The topological polar surface area (TPSA) is 60.2 Å². The van der Waals surface area contributed by atoms with Crippen molar-refractivity contribution in [1.29, 1.82) is 0 Å². The Morgan fingerprint density at radius 3 is 2.57 bits per heavy atom. The smallest absolute Gasteiger partial charge is 0.217 e. The fourth-order valence-electron chi connectivity index (χ4n) is 1.18. The monoisotopic (exact) mass is 190 g/mol. The van der Waals surface area contributed by atoms with E-state index in [2.05, 4.69) is 0 Å². The lowest BCUT2D eigenvalue weighted by molar-refractivity contribution is -0.118. The van der Waals surface area contributed by atoms with Crippen molar-refractivity contribution < 1.29 is 9.59 Å². The third-order valence-electron chi connectivity index (χ3n) is 1.84. The zero-order valence-electron chi connectivity index (χ0n) is 7.77. The second-order valence-corrected chi connectivity index (χ2v) is 3.13. The van der Waals surface area contributed by atoms with Gasteiger partial charge in [-0.25, -0.2) is 0 Å². The van der Waals surface area contributed by atoms with E-state index in [9.17, 15) is 9.59 Å². The van der Waals surface area contributed by atoms with E-state index in [0.29, 0.717) is 6.42 Å². The predicted molar refractivity (Wildman–Crippen MR) is 53.4 cm³/mol. The minimum absolute atomic E-state index is 0.0351. The third-order valence-corrected chi connectivity index (χ3v) is 1.84. The molecule has 0 saturated heterocycles. The van der Waals surface area contributed by atoms with E-state index in [0.717, 1.165) is 5.56 Å². The summed E-state index contributed by atoms with van der Waals surface area (Å²) in [7, 11) is 0. The summed E-state index contributed by atoms with van der Waals surface area (Å²) >= 11 is 0. The Bertz CT molecular complexity index is 308. The molecule has 3 heteroatoms. The second kappa shape index (κ2) is 5.29. The van der Waals surface area contributed by atoms with Crippen LogP contribution < -0.4 is 5.73 Å². The lowest BCUT2D eigenvalue weighted by Gasteiger charge is -2.02. The summed E-state index contributed by atoms with van der Waals surface area (Å²) in [5.41, 5.74) is 6.22. The standard InChI is InChI=1S/C11H12NO2/c12-10(8-13)7-11(14)6-9-4-2-1-3-5-9/h1-5,10H,6-7,12H2/t10-/m0/s1. The molecule has 1 atom stereocenters. The molecule has 14 heavy (non-hydrogen) atoms. The van der Waals surface area contributed by atoms with Gasteiger partial charge in [0.05, 0.1) is 6.04 Å². The van der Waals surface area contributed by atoms with Crippen LogP contribution >= 0.6 is 0 Å². The number of ketones is 1.